The van der Waals surface area contributed by atoms with E-state index in [1.165, 1.54) is 0 Å². The Morgan fingerprint density at radius 1 is 0.214 bits per heavy atom. The molecule has 19 aromatic rings. The smallest absolute Gasteiger partial charge is 0.164 e. The molecule has 98 heavy (non-hydrogen) atoms. The largest absolute Gasteiger partial charge is 0.455 e. The molecule has 0 N–H and O–H groups in total. The van der Waals surface area contributed by atoms with Crippen molar-refractivity contribution >= 4 is 87.0 Å². The fourth-order valence-corrected chi connectivity index (χ4v) is 14.8. The van der Waals surface area contributed by atoms with Crippen LogP contribution in [0.4, 0.5) is 0 Å². The number of benzene rings is 13. The topological polar surface area (TPSA) is 129 Å². The molecule has 12 heteroatoms. The number of fused-ring (bicyclic) bond motifs is 8. The molecule has 13 aromatic carbocycles. The third-order valence-electron chi connectivity index (χ3n) is 17.6. The Bertz CT molecular complexity index is 6130. The SMILES string of the molecule is c1ccc(-c2ccc(-c3nc(-c4cccc(-c5ccccc5)c4)nc(-c4cccc5oc6c(-c7nc8ccccc8s7)cccc6c45)n3)cc2)cc1.c1ccc(-c2cccc(-c3nc(-c4ccccc4)nc(-c4cccc5oc6c(-c7nc8ccccc8s7)cccc6c45)n3)c2)cc1. The molecule has 6 heterocycles. The minimum Gasteiger partial charge on any atom is -0.455 e. The lowest BCUT2D eigenvalue weighted by molar-refractivity contribution is 0.669. The van der Waals surface area contributed by atoms with Crippen molar-refractivity contribution < 1.29 is 8.83 Å². The summed E-state index contributed by atoms with van der Waals surface area (Å²) in [7, 11) is 0. The van der Waals surface area contributed by atoms with Crippen LogP contribution in [0.5, 0.6) is 0 Å². The van der Waals surface area contributed by atoms with Gasteiger partial charge in [-0.25, -0.2) is 39.9 Å². The average Bonchev–Trinajstić information content (AvgIpc) is 1.58. The summed E-state index contributed by atoms with van der Waals surface area (Å²) in [6.45, 7) is 0. The Kier molecular flexibility index (Phi) is 14.7. The van der Waals surface area contributed by atoms with Crippen LogP contribution < -0.4 is 0 Å². The van der Waals surface area contributed by atoms with Crippen LogP contribution in [-0.2, 0) is 0 Å². The number of thiazole rings is 2. The molecule has 0 radical (unpaired) electrons. The standard InChI is InChI=1S/C46H28N4OS.C40H24N4OS/c1-3-12-29(13-4-1)31-24-26-32(27-25-31)43-48-44(34-17-9-16-33(28-34)30-14-5-2-6-15-30)50-45(49-43)36-19-11-22-39-41(36)35-18-10-20-37(42(35)51-39)46-47-38-21-7-8-23-40(38)52-46;1-3-12-25(13-4-1)27-16-9-17-28(24-27)38-42-37(26-14-5-2-6-15-26)43-39(44-38)30-19-11-22-33-35(30)29-18-10-20-31(36(29)45-33)40-41-32-21-7-8-23-34(32)46-40/h1-28H;1-24H. The van der Waals surface area contributed by atoms with Gasteiger partial charge in [-0.05, 0) is 94.0 Å². The number of hydrogen-bond acceptors (Lipinski definition) is 12. The Morgan fingerprint density at radius 3 is 0.959 bits per heavy atom. The van der Waals surface area contributed by atoms with Crippen molar-refractivity contribution in [3.8, 4) is 123 Å². The monoisotopic (exact) mass is 1290 g/mol. The van der Waals surface area contributed by atoms with Crippen LogP contribution in [0.2, 0.25) is 0 Å². The summed E-state index contributed by atoms with van der Waals surface area (Å²) < 4.78 is 15.5. The zero-order valence-electron chi connectivity index (χ0n) is 52.2. The van der Waals surface area contributed by atoms with E-state index < -0.39 is 0 Å². The van der Waals surface area contributed by atoms with Crippen LogP contribution in [0.15, 0.2) is 324 Å². The van der Waals surface area contributed by atoms with Crippen LogP contribution >= 0.6 is 22.7 Å². The first-order valence-corrected chi connectivity index (χ1v) is 33.8. The molecule has 10 nitrogen and oxygen atoms in total. The molecule has 0 unspecified atom stereocenters. The molecule has 0 saturated heterocycles. The molecule has 0 aliphatic carbocycles. The molecule has 0 aliphatic rings. The summed E-state index contributed by atoms with van der Waals surface area (Å²) in [5.41, 5.74) is 19.2. The highest BCUT2D eigenvalue weighted by molar-refractivity contribution is 7.22. The van der Waals surface area contributed by atoms with Crippen LogP contribution in [0.3, 0.4) is 0 Å². The molecule has 0 fully saturated rings. The van der Waals surface area contributed by atoms with E-state index in [1.54, 1.807) is 22.7 Å². The number of para-hydroxylation sites is 4. The highest BCUT2D eigenvalue weighted by Gasteiger charge is 2.24. The first-order chi connectivity index (χ1) is 48.5. The fourth-order valence-electron chi connectivity index (χ4n) is 12.9. The van der Waals surface area contributed by atoms with Gasteiger partial charge in [0.05, 0.1) is 31.6 Å². The van der Waals surface area contributed by atoms with E-state index >= 15 is 0 Å². The van der Waals surface area contributed by atoms with E-state index in [9.17, 15) is 0 Å². The van der Waals surface area contributed by atoms with Gasteiger partial charge >= 0.3 is 0 Å². The second-order valence-corrected chi connectivity index (χ2v) is 25.8. The summed E-state index contributed by atoms with van der Waals surface area (Å²) in [6, 6.07) is 107. The van der Waals surface area contributed by atoms with Gasteiger partial charge in [0.2, 0.25) is 0 Å². The zero-order valence-corrected chi connectivity index (χ0v) is 53.9. The summed E-state index contributed by atoms with van der Waals surface area (Å²) in [5.74, 6) is 3.60. The van der Waals surface area contributed by atoms with Crippen LogP contribution in [0, 0.1) is 0 Å². The number of aromatic nitrogens is 8. The molecule has 19 rings (SSSR count). The third kappa shape index (κ3) is 10.9. The molecular formula is C86H52N8O2S2. The Labute approximate surface area is 570 Å². The highest BCUT2D eigenvalue weighted by Crippen LogP contribution is 2.45. The first-order valence-electron chi connectivity index (χ1n) is 32.2. The van der Waals surface area contributed by atoms with Crippen molar-refractivity contribution in [1.82, 2.24) is 39.9 Å². The van der Waals surface area contributed by atoms with Gasteiger partial charge in [-0.15, -0.1) is 22.7 Å². The first kappa shape index (κ1) is 57.9. The number of hydrogen-bond donors (Lipinski definition) is 0. The van der Waals surface area contributed by atoms with E-state index in [0.717, 1.165) is 152 Å². The molecule has 0 spiro atoms. The van der Waals surface area contributed by atoms with Crippen LogP contribution in [0.1, 0.15) is 0 Å². The molecule has 0 amide bonds. The van der Waals surface area contributed by atoms with E-state index in [-0.39, 0.29) is 0 Å². The normalized spacial score (nSPS) is 11.5. The maximum atomic E-state index is 6.64. The minimum atomic E-state index is 0.580. The van der Waals surface area contributed by atoms with Gasteiger partial charge < -0.3 is 8.83 Å². The van der Waals surface area contributed by atoms with Gasteiger partial charge in [0.25, 0.3) is 0 Å². The summed E-state index contributed by atoms with van der Waals surface area (Å²) in [6.07, 6.45) is 0. The average molecular weight is 1290 g/mol. The molecule has 0 aliphatic heterocycles. The summed E-state index contributed by atoms with van der Waals surface area (Å²) in [5, 5.41) is 5.77. The summed E-state index contributed by atoms with van der Waals surface area (Å²) in [4.78, 5) is 40.4. The van der Waals surface area contributed by atoms with E-state index in [0.29, 0.717) is 34.9 Å². The summed E-state index contributed by atoms with van der Waals surface area (Å²) >= 11 is 3.34. The van der Waals surface area contributed by atoms with Crippen molar-refractivity contribution in [3.63, 3.8) is 0 Å². The second-order valence-electron chi connectivity index (χ2n) is 23.7. The quantitative estimate of drug-likeness (QED) is 0.123. The molecule has 0 saturated carbocycles. The lowest BCUT2D eigenvalue weighted by atomic mass is 10.0. The van der Waals surface area contributed by atoms with Crippen LogP contribution in [0.25, 0.3) is 187 Å². The zero-order chi connectivity index (χ0) is 64.9. The lowest BCUT2D eigenvalue weighted by Gasteiger charge is -2.11. The van der Waals surface area contributed by atoms with Crippen molar-refractivity contribution in [2.75, 3.05) is 0 Å². The molecule has 6 aromatic heterocycles. The number of furan rings is 2. The van der Waals surface area contributed by atoms with Gasteiger partial charge in [0.1, 0.15) is 32.3 Å². The van der Waals surface area contributed by atoms with E-state index in [1.807, 2.05) is 109 Å². The molecule has 460 valence electrons. The van der Waals surface area contributed by atoms with Crippen molar-refractivity contribution in [3.05, 3.63) is 315 Å². The predicted octanol–water partition coefficient (Wildman–Crippen LogP) is 23.1. The van der Waals surface area contributed by atoms with Gasteiger partial charge in [-0.1, -0.05) is 255 Å². The number of rotatable bonds is 11. The molecule has 0 bridgehead atoms. The third-order valence-corrected chi connectivity index (χ3v) is 19.7. The van der Waals surface area contributed by atoms with E-state index in [2.05, 4.69) is 206 Å². The predicted molar refractivity (Wildman–Crippen MR) is 400 cm³/mol. The van der Waals surface area contributed by atoms with Crippen LogP contribution in [-0.4, -0.2) is 39.9 Å². The van der Waals surface area contributed by atoms with Gasteiger partial charge in [0.15, 0.2) is 34.9 Å². The highest BCUT2D eigenvalue weighted by atomic mass is 32.1. The minimum absolute atomic E-state index is 0.580. The molecular weight excluding hydrogens is 1240 g/mol. The maximum absolute atomic E-state index is 6.64. The van der Waals surface area contributed by atoms with Crippen molar-refractivity contribution in [2.24, 2.45) is 0 Å². The van der Waals surface area contributed by atoms with Crippen molar-refractivity contribution in [1.29, 1.82) is 0 Å². The molecule has 0 atom stereocenters. The van der Waals surface area contributed by atoms with Gasteiger partial charge in [-0.2, -0.15) is 0 Å². The second kappa shape index (κ2) is 24.9. The fraction of sp³-hybridized carbons (Fsp3) is 0. The Morgan fingerprint density at radius 2 is 0.520 bits per heavy atom. The maximum Gasteiger partial charge on any atom is 0.164 e. The van der Waals surface area contributed by atoms with E-state index in [4.69, 9.17) is 48.7 Å². The van der Waals surface area contributed by atoms with Gasteiger partial charge in [0, 0.05) is 54.9 Å². The van der Waals surface area contributed by atoms with Gasteiger partial charge in [-0.3, -0.25) is 0 Å². The Hall–Kier alpha value is -12.7. The number of nitrogens with zero attached hydrogens (tertiary/aromatic N) is 8. The lowest BCUT2D eigenvalue weighted by Crippen LogP contribution is -2.00. The Balaban J connectivity index is 0.000000143. The van der Waals surface area contributed by atoms with Crippen molar-refractivity contribution in [2.45, 2.75) is 0 Å².